The maximum absolute atomic E-state index is 12.4. The Bertz CT molecular complexity index is 1210. The summed E-state index contributed by atoms with van der Waals surface area (Å²) < 4.78 is 21.0. The van der Waals surface area contributed by atoms with Gasteiger partial charge in [-0.2, -0.15) is 0 Å². The van der Waals surface area contributed by atoms with Gasteiger partial charge in [0.25, 0.3) is 0 Å². The fourth-order valence-corrected chi connectivity index (χ4v) is 4.37. The number of rotatable bonds is 31. The summed E-state index contributed by atoms with van der Waals surface area (Å²) in [6.45, 7) is 11.1. The third-order valence-electron chi connectivity index (χ3n) is 7.38. The highest BCUT2D eigenvalue weighted by Crippen LogP contribution is 2.16. The van der Waals surface area contributed by atoms with E-state index in [9.17, 15) is 53.7 Å². The molecule has 6 N–H and O–H groups in total. The molecule has 0 aromatic carbocycles. The molecule has 0 saturated carbocycles. The van der Waals surface area contributed by atoms with Crippen molar-refractivity contribution in [1.29, 1.82) is 0 Å². The summed E-state index contributed by atoms with van der Waals surface area (Å²) in [7, 11) is 0. The zero-order chi connectivity index (χ0) is 40.6. The van der Waals surface area contributed by atoms with Crippen LogP contribution in [-0.2, 0) is 57.3 Å². The predicted octanol–water partition coefficient (Wildman–Crippen LogP) is 0.765. The molecule has 18 heteroatoms. The third-order valence-corrected chi connectivity index (χ3v) is 7.38. The van der Waals surface area contributed by atoms with Gasteiger partial charge in [-0.15, -0.1) is 0 Å². The lowest BCUT2D eigenvalue weighted by atomic mass is 9.91. The van der Waals surface area contributed by atoms with Crippen LogP contribution >= 0.6 is 0 Å². The largest absolute Gasteiger partial charge is 0.481 e. The molecule has 18 nitrogen and oxygen atoms in total. The molecule has 0 spiro atoms. The van der Waals surface area contributed by atoms with E-state index < -0.39 is 77.2 Å². The van der Waals surface area contributed by atoms with Crippen LogP contribution in [-0.4, -0.2) is 139 Å². The van der Waals surface area contributed by atoms with E-state index in [1.807, 2.05) is 20.8 Å². The topological polar surface area (TPSA) is 270 Å². The Morgan fingerprint density at radius 2 is 1.09 bits per heavy atom. The molecule has 0 heterocycles. The number of amides is 2. The van der Waals surface area contributed by atoms with Crippen LogP contribution in [0.3, 0.4) is 0 Å². The van der Waals surface area contributed by atoms with E-state index in [4.69, 9.17) is 18.9 Å². The minimum absolute atomic E-state index is 0.00975. The smallest absolute Gasteiger partial charge is 0.326 e. The molecule has 0 aromatic rings. The van der Waals surface area contributed by atoms with E-state index in [1.54, 1.807) is 20.8 Å². The highest BCUT2D eigenvalue weighted by atomic mass is 16.5. The van der Waals surface area contributed by atoms with Crippen molar-refractivity contribution in [2.24, 2.45) is 11.3 Å². The van der Waals surface area contributed by atoms with Crippen LogP contribution in [0.2, 0.25) is 0 Å². The molecule has 0 aliphatic carbocycles. The number of ether oxygens (including phenoxy) is 4. The highest BCUT2D eigenvalue weighted by Gasteiger charge is 2.28. The second-order valence-corrected chi connectivity index (χ2v) is 14.5. The van der Waals surface area contributed by atoms with Crippen molar-refractivity contribution in [2.75, 3.05) is 59.4 Å². The Morgan fingerprint density at radius 1 is 0.566 bits per heavy atom. The van der Waals surface area contributed by atoms with Gasteiger partial charge in [0, 0.05) is 43.2 Å². The molecular formula is C35H59N3O15. The van der Waals surface area contributed by atoms with Gasteiger partial charge in [0.1, 0.15) is 37.7 Å². The van der Waals surface area contributed by atoms with E-state index in [-0.39, 0.29) is 103 Å². The minimum Gasteiger partial charge on any atom is -0.481 e. The molecule has 0 saturated heterocycles. The molecule has 3 unspecified atom stereocenters. The lowest BCUT2D eigenvalue weighted by Gasteiger charge is -2.25. The average Bonchev–Trinajstić information content (AvgIpc) is 3.04. The SMILES string of the molecule is CC(C)(C)NC(CCC(=O)CC(CCC(=O)NC(CCC(=O)COCCOCC(=O)NCCOCCOCC(=O)C(C)(C)C)C(=O)O)C(=O)O)C(=O)O. The number of aliphatic carboxylic acids is 3. The number of hydrogen-bond donors (Lipinski definition) is 6. The van der Waals surface area contributed by atoms with E-state index in [0.29, 0.717) is 0 Å². The predicted molar refractivity (Wildman–Crippen MR) is 188 cm³/mol. The van der Waals surface area contributed by atoms with Gasteiger partial charge < -0.3 is 44.9 Å². The number of carboxylic acids is 3. The van der Waals surface area contributed by atoms with Crippen molar-refractivity contribution in [3.05, 3.63) is 0 Å². The Labute approximate surface area is 310 Å². The van der Waals surface area contributed by atoms with Crippen LogP contribution in [0.15, 0.2) is 0 Å². The molecule has 2 amide bonds. The van der Waals surface area contributed by atoms with E-state index in [1.165, 1.54) is 0 Å². The first-order chi connectivity index (χ1) is 24.6. The average molecular weight is 762 g/mol. The van der Waals surface area contributed by atoms with Crippen molar-refractivity contribution in [3.63, 3.8) is 0 Å². The van der Waals surface area contributed by atoms with Gasteiger partial charge in [0.05, 0.1) is 39.0 Å². The molecule has 0 fully saturated rings. The molecular weight excluding hydrogens is 702 g/mol. The van der Waals surface area contributed by atoms with Crippen molar-refractivity contribution >= 4 is 47.1 Å². The summed E-state index contributed by atoms with van der Waals surface area (Å²) in [6.07, 6.45) is -1.79. The molecule has 3 atom stereocenters. The molecule has 0 aliphatic rings. The first kappa shape index (κ1) is 49.2. The van der Waals surface area contributed by atoms with Crippen LogP contribution in [0.1, 0.15) is 86.5 Å². The van der Waals surface area contributed by atoms with Crippen LogP contribution in [0.5, 0.6) is 0 Å². The minimum atomic E-state index is -1.43. The molecule has 53 heavy (non-hydrogen) atoms. The van der Waals surface area contributed by atoms with Crippen LogP contribution in [0, 0.1) is 11.3 Å². The number of Topliss-reactive ketones (excluding diaryl/α,β-unsaturated/α-hetero) is 3. The van der Waals surface area contributed by atoms with Gasteiger partial charge in [0.15, 0.2) is 11.6 Å². The maximum Gasteiger partial charge on any atom is 0.326 e. The first-order valence-corrected chi connectivity index (χ1v) is 17.5. The molecule has 0 aliphatic heterocycles. The number of hydrogen-bond acceptors (Lipinski definition) is 13. The molecule has 0 bridgehead atoms. The highest BCUT2D eigenvalue weighted by molar-refractivity contribution is 5.87. The summed E-state index contributed by atoms with van der Waals surface area (Å²) in [6, 6.07) is -2.43. The number of carboxylic acid groups (broad SMARTS) is 3. The fraction of sp³-hybridized carbons (Fsp3) is 0.771. The van der Waals surface area contributed by atoms with E-state index >= 15 is 0 Å². The second-order valence-electron chi connectivity index (χ2n) is 14.5. The molecule has 304 valence electrons. The fourth-order valence-electron chi connectivity index (χ4n) is 4.37. The summed E-state index contributed by atoms with van der Waals surface area (Å²) in [5, 5.41) is 36.1. The Hall–Kier alpha value is -3.84. The zero-order valence-corrected chi connectivity index (χ0v) is 31.8. The maximum atomic E-state index is 12.4. The second kappa shape index (κ2) is 26.0. The van der Waals surface area contributed by atoms with Gasteiger partial charge >= 0.3 is 17.9 Å². The van der Waals surface area contributed by atoms with Gasteiger partial charge in [-0.1, -0.05) is 20.8 Å². The first-order valence-electron chi connectivity index (χ1n) is 17.5. The van der Waals surface area contributed by atoms with Crippen LogP contribution < -0.4 is 16.0 Å². The third kappa shape index (κ3) is 26.6. The van der Waals surface area contributed by atoms with Crippen molar-refractivity contribution < 1.29 is 72.6 Å². The van der Waals surface area contributed by atoms with Gasteiger partial charge in [-0.3, -0.25) is 38.9 Å². The Balaban J connectivity index is 4.27. The van der Waals surface area contributed by atoms with Crippen LogP contribution in [0.25, 0.3) is 0 Å². The lowest BCUT2D eigenvalue weighted by molar-refractivity contribution is -0.145. The van der Waals surface area contributed by atoms with Gasteiger partial charge in [-0.05, 0) is 40.0 Å². The molecule has 0 aromatic heterocycles. The van der Waals surface area contributed by atoms with Gasteiger partial charge in [-0.25, -0.2) is 4.79 Å². The summed E-state index contributed by atoms with van der Waals surface area (Å²) in [5.41, 5.74) is -0.991. The Morgan fingerprint density at radius 3 is 1.64 bits per heavy atom. The Kier molecular flexibility index (Phi) is 24.1. The number of carbonyl (C=O) groups is 8. The number of carbonyl (C=O) groups excluding carboxylic acids is 5. The van der Waals surface area contributed by atoms with Crippen LogP contribution in [0.4, 0.5) is 0 Å². The van der Waals surface area contributed by atoms with E-state index in [2.05, 4.69) is 16.0 Å². The number of nitrogens with one attached hydrogen (secondary N) is 3. The quantitative estimate of drug-likeness (QED) is 0.0533. The van der Waals surface area contributed by atoms with Gasteiger partial charge in [0.2, 0.25) is 11.8 Å². The number of ketones is 3. The zero-order valence-electron chi connectivity index (χ0n) is 31.8. The lowest BCUT2D eigenvalue weighted by Crippen LogP contribution is -2.47. The normalized spacial score (nSPS) is 13.4. The standard InChI is InChI=1S/C35H59N3O15/c1-34(2,3)28(41)21-52-16-15-50-14-13-36-30(43)22-53-18-17-51-20-25(40)9-10-26(32(46)47)37-29(42)12-7-23(31(44)45)19-24(39)8-11-27(33(48)49)38-35(4,5)6/h23,26-27,38H,7-22H2,1-6H3,(H,36,43)(H,37,42)(H,44,45)(H,46,47)(H,48,49). The van der Waals surface area contributed by atoms with E-state index in [0.717, 1.165) is 0 Å². The summed E-state index contributed by atoms with van der Waals surface area (Å²) in [4.78, 5) is 95.5. The van der Waals surface area contributed by atoms with Crippen molar-refractivity contribution in [2.45, 2.75) is 104 Å². The van der Waals surface area contributed by atoms with Crippen molar-refractivity contribution in [1.82, 2.24) is 16.0 Å². The molecule has 0 radical (unpaired) electrons. The molecule has 0 rings (SSSR count). The summed E-state index contributed by atoms with van der Waals surface area (Å²) >= 11 is 0. The van der Waals surface area contributed by atoms with Crippen molar-refractivity contribution in [3.8, 4) is 0 Å². The summed E-state index contributed by atoms with van der Waals surface area (Å²) in [5.74, 6) is -7.20. The monoisotopic (exact) mass is 761 g/mol.